The molecule has 3 aromatic rings. The second kappa shape index (κ2) is 7.00. The van der Waals surface area contributed by atoms with Gasteiger partial charge < -0.3 is 4.74 Å². The van der Waals surface area contributed by atoms with Gasteiger partial charge in [-0.25, -0.2) is 9.78 Å². The molecule has 0 radical (unpaired) electrons. The van der Waals surface area contributed by atoms with E-state index in [1.54, 1.807) is 11.4 Å². The molecule has 0 amide bonds. The minimum Gasteiger partial charge on any atom is -0.462 e. The molecule has 1 aromatic carbocycles. The van der Waals surface area contributed by atoms with Crippen molar-refractivity contribution in [3.05, 3.63) is 52.8 Å². The van der Waals surface area contributed by atoms with Crippen molar-refractivity contribution in [1.29, 1.82) is 0 Å². The Balaban J connectivity index is 1.81. The summed E-state index contributed by atoms with van der Waals surface area (Å²) in [5.41, 5.74) is 3.53. The molecule has 0 saturated carbocycles. The van der Waals surface area contributed by atoms with Crippen LogP contribution in [0.25, 0.3) is 5.78 Å². The van der Waals surface area contributed by atoms with Crippen LogP contribution in [-0.2, 0) is 10.5 Å². The maximum absolute atomic E-state index is 11.9. The van der Waals surface area contributed by atoms with Gasteiger partial charge in [-0.15, -0.1) is 5.10 Å². The van der Waals surface area contributed by atoms with Crippen molar-refractivity contribution in [3.63, 3.8) is 0 Å². The average molecular weight is 342 g/mol. The maximum atomic E-state index is 11.9. The Kier molecular flexibility index (Phi) is 4.80. The summed E-state index contributed by atoms with van der Waals surface area (Å²) in [6, 6.07) is 8.37. The number of nitrogens with zero attached hydrogens (tertiary/aromatic N) is 4. The van der Waals surface area contributed by atoms with Gasteiger partial charge in [0.15, 0.2) is 0 Å². The van der Waals surface area contributed by atoms with Gasteiger partial charge >= 0.3 is 5.97 Å². The van der Waals surface area contributed by atoms with Crippen molar-refractivity contribution >= 4 is 23.5 Å². The summed E-state index contributed by atoms with van der Waals surface area (Å²) >= 11 is 1.54. The predicted octanol–water partition coefficient (Wildman–Crippen LogP) is 3.21. The Hall–Kier alpha value is -2.41. The summed E-state index contributed by atoms with van der Waals surface area (Å²) in [6.45, 7) is 5.97. The van der Waals surface area contributed by atoms with Crippen LogP contribution in [0.5, 0.6) is 0 Å². The highest BCUT2D eigenvalue weighted by Gasteiger charge is 2.16. The molecule has 0 fully saturated rings. The fourth-order valence-electron chi connectivity index (χ4n) is 2.23. The third kappa shape index (κ3) is 3.41. The van der Waals surface area contributed by atoms with E-state index < -0.39 is 5.97 Å². The molecule has 0 atom stereocenters. The molecule has 124 valence electrons. The molecule has 2 aromatic heterocycles. The molecule has 0 unspecified atom stereocenters. The summed E-state index contributed by atoms with van der Waals surface area (Å²) in [5, 5.41) is 5.08. The summed E-state index contributed by atoms with van der Waals surface area (Å²) in [6.07, 6.45) is 1.49. The van der Waals surface area contributed by atoms with Crippen LogP contribution in [0.4, 0.5) is 0 Å². The lowest BCUT2D eigenvalue weighted by atomic mass is 10.2. The van der Waals surface area contributed by atoms with Crippen molar-refractivity contribution in [3.8, 4) is 0 Å². The van der Waals surface area contributed by atoms with E-state index in [0.717, 1.165) is 5.75 Å². The molecule has 7 heteroatoms. The first-order chi connectivity index (χ1) is 11.6. The Bertz CT molecular complexity index is 874. The van der Waals surface area contributed by atoms with E-state index in [1.807, 2.05) is 6.92 Å². The van der Waals surface area contributed by atoms with E-state index in [0.29, 0.717) is 28.8 Å². The molecule has 0 saturated heterocycles. The van der Waals surface area contributed by atoms with Gasteiger partial charge in [0.1, 0.15) is 0 Å². The van der Waals surface area contributed by atoms with Gasteiger partial charge in [-0.2, -0.15) is 9.50 Å². The van der Waals surface area contributed by atoms with E-state index in [1.165, 1.54) is 29.1 Å². The Morgan fingerprint density at radius 1 is 1.25 bits per heavy atom. The van der Waals surface area contributed by atoms with Crippen molar-refractivity contribution in [2.75, 3.05) is 6.61 Å². The number of rotatable bonds is 5. The minimum atomic E-state index is -0.395. The fraction of sp³-hybridized carbons (Fsp3) is 0.294. The molecule has 0 spiro atoms. The summed E-state index contributed by atoms with van der Waals surface area (Å²) in [7, 11) is 0. The zero-order chi connectivity index (χ0) is 17.1. The standard InChI is InChI=1S/C17H18N4O2S/c1-4-23-15(22)14-9-18-16-19-17(20-21(16)12(14)3)24-10-13-7-5-11(2)6-8-13/h5-9H,4,10H2,1-3H3. The van der Waals surface area contributed by atoms with E-state index in [2.05, 4.69) is 46.3 Å². The largest absolute Gasteiger partial charge is 0.462 e. The molecular weight excluding hydrogens is 324 g/mol. The van der Waals surface area contributed by atoms with Crippen LogP contribution < -0.4 is 0 Å². The monoisotopic (exact) mass is 342 g/mol. The zero-order valence-electron chi connectivity index (χ0n) is 13.8. The molecular formula is C17H18N4O2S. The molecule has 2 heterocycles. The van der Waals surface area contributed by atoms with Crippen molar-refractivity contribution in [2.45, 2.75) is 31.7 Å². The van der Waals surface area contributed by atoms with Crippen molar-refractivity contribution in [2.24, 2.45) is 0 Å². The van der Waals surface area contributed by atoms with Crippen LogP contribution in [0.3, 0.4) is 0 Å². The molecule has 0 N–H and O–H groups in total. The highest BCUT2D eigenvalue weighted by molar-refractivity contribution is 7.98. The molecule has 6 nitrogen and oxygen atoms in total. The van der Waals surface area contributed by atoms with E-state index in [4.69, 9.17) is 4.74 Å². The number of thioether (sulfide) groups is 1. The van der Waals surface area contributed by atoms with Gasteiger partial charge in [-0.05, 0) is 26.3 Å². The molecule has 3 rings (SSSR count). The number of hydrogen-bond acceptors (Lipinski definition) is 6. The number of carbonyl (C=O) groups is 1. The van der Waals surface area contributed by atoms with Crippen LogP contribution >= 0.6 is 11.8 Å². The third-order valence-corrected chi connectivity index (χ3v) is 4.48. The van der Waals surface area contributed by atoms with Gasteiger partial charge in [-0.1, -0.05) is 41.6 Å². The number of hydrogen-bond donors (Lipinski definition) is 0. The lowest BCUT2D eigenvalue weighted by Crippen LogP contribution is -2.11. The van der Waals surface area contributed by atoms with E-state index >= 15 is 0 Å². The van der Waals surface area contributed by atoms with Crippen LogP contribution in [-0.4, -0.2) is 32.2 Å². The van der Waals surface area contributed by atoms with Gasteiger partial charge in [0.05, 0.1) is 17.9 Å². The Morgan fingerprint density at radius 3 is 2.71 bits per heavy atom. The quantitative estimate of drug-likeness (QED) is 0.524. The number of ether oxygens (including phenoxy) is 1. The highest BCUT2D eigenvalue weighted by Crippen LogP contribution is 2.21. The van der Waals surface area contributed by atoms with Crippen LogP contribution in [0, 0.1) is 13.8 Å². The van der Waals surface area contributed by atoms with Crippen LogP contribution in [0.2, 0.25) is 0 Å². The zero-order valence-corrected chi connectivity index (χ0v) is 14.6. The lowest BCUT2D eigenvalue weighted by molar-refractivity contribution is 0.0524. The SMILES string of the molecule is CCOC(=O)c1cnc2nc(SCc3ccc(C)cc3)nn2c1C. The van der Waals surface area contributed by atoms with Crippen molar-refractivity contribution < 1.29 is 9.53 Å². The molecule has 0 bridgehead atoms. The first-order valence-corrected chi connectivity index (χ1v) is 8.65. The number of fused-ring (bicyclic) bond motifs is 1. The number of aryl methyl sites for hydroxylation is 2. The second-order valence-electron chi connectivity index (χ2n) is 5.36. The molecule has 0 aliphatic carbocycles. The predicted molar refractivity (Wildman–Crippen MR) is 92.2 cm³/mol. The van der Waals surface area contributed by atoms with Crippen LogP contribution in [0.15, 0.2) is 35.6 Å². The maximum Gasteiger partial charge on any atom is 0.341 e. The lowest BCUT2D eigenvalue weighted by Gasteiger charge is -2.05. The first kappa shape index (κ1) is 16.4. The smallest absolute Gasteiger partial charge is 0.341 e. The average Bonchev–Trinajstić information content (AvgIpc) is 2.99. The summed E-state index contributed by atoms with van der Waals surface area (Å²) in [5.74, 6) is 0.863. The second-order valence-corrected chi connectivity index (χ2v) is 6.30. The number of benzene rings is 1. The van der Waals surface area contributed by atoms with E-state index in [-0.39, 0.29) is 0 Å². The summed E-state index contributed by atoms with van der Waals surface area (Å²) in [4.78, 5) is 20.5. The van der Waals surface area contributed by atoms with Crippen LogP contribution in [0.1, 0.15) is 34.1 Å². The van der Waals surface area contributed by atoms with Crippen molar-refractivity contribution in [1.82, 2.24) is 19.6 Å². The fourth-order valence-corrected chi connectivity index (χ4v) is 3.00. The molecule has 0 aliphatic rings. The molecule has 0 aliphatic heterocycles. The Morgan fingerprint density at radius 2 is 2.00 bits per heavy atom. The molecule has 24 heavy (non-hydrogen) atoms. The third-order valence-electron chi connectivity index (χ3n) is 3.57. The van der Waals surface area contributed by atoms with Gasteiger partial charge in [0.2, 0.25) is 5.16 Å². The van der Waals surface area contributed by atoms with Gasteiger partial charge in [-0.3, -0.25) is 0 Å². The van der Waals surface area contributed by atoms with Gasteiger partial charge in [0, 0.05) is 11.9 Å². The highest BCUT2D eigenvalue weighted by atomic mass is 32.2. The Labute approximate surface area is 144 Å². The summed E-state index contributed by atoms with van der Waals surface area (Å²) < 4.78 is 6.62. The number of carbonyl (C=O) groups excluding carboxylic acids is 1. The normalized spacial score (nSPS) is 11.0. The minimum absolute atomic E-state index is 0.325. The van der Waals surface area contributed by atoms with E-state index in [9.17, 15) is 4.79 Å². The topological polar surface area (TPSA) is 69.4 Å². The number of esters is 1. The number of aromatic nitrogens is 4. The van der Waals surface area contributed by atoms with Gasteiger partial charge in [0.25, 0.3) is 5.78 Å². The first-order valence-electron chi connectivity index (χ1n) is 7.66.